The fourth-order valence-corrected chi connectivity index (χ4v) is 5.22. The van der Waals surface area contributed by atoms with Crippen LogP contribution in [-0.4, -0.2) is 30.6 Å². The molecule has 0 bridgehead atoms. The van der Waals surface area contributed by atoms with E-state index in [4.69, 9.17) is 12.6 Å². The smallest absolute Gasteiger partial charge is 0.0525 e. The number of nitrogens with zero attached hydrogens (tertiary/aromatic N) is 1. The summed E-state index contributed by atoms with van der Waals surface area (Å²) in [5.74, 6) is 0. The van der Waals surface area contributed by atoms with Gasteiger partial charge in [0.25, 0.3) is 0 Å². The van der Waals surface area contributed by atoms with Gasteiger partial charge < -0.3 is 10.2 Å². The summed E-state index contributed by atoms with van der Waals surface area (Å²) in [5.41, 5.74) is 3.93. The van der Waals surface area contributed by atoms with Gasteiger partial charge in [0.1, 0.15) is 0 Å². The number of hydrogen-bond donors (Lipinski definition) is 2. The monoisotopic (exact) mass is 418 g/mol. The predicted octanol–water partition coefficient (Wildman–Crippen LogP) is 6.21. The summed E-state index contributed by atoms with van der Waals surface area (Å²) in [6.07, 6.45) is 5.33. The summed E-state index contributed by atoms with van der Waals surface area (Å²) < 4.78 is 0. The highest BCUT2D eigenvalue weighted by Gasteiger charge is 2.18. The Balaban J connectivity index is 1.39. The molecule has 2 unspecified atom stereocenters. The Morgan fingerprint density at radius 1 is 0.967 bits per heavy atom. The average Bonchev–Trinajstić information content (AvgIpc) is 2.79. The Morgan fingerprint density at radius 2 is 1.73 bits per heavy atom. The lowest BCUT2D eigenvalue weighted by Gasteiger charge is -2.33. The molecule has 3 aromatic rings. The summed E-state index contributed by atoms with van der Waals surface area (Å²) in [5, 5.41) is 6.32. The Bertz CT molecular complexity index is 949. The van der Waals surface area contributed by atoms with Gasteiger partial charge in [-0.1, -0.05) is 73.2 Å². The molecule has 2 atom stereocenters. The third-order valence-corrected chi connectivity index (χ3v) is 7.08. The molecule has 1 fully saturated rings. The van der Waals surface area contributed by atoms with Gasteiger partial charge in [-0.15, -0.1) is 0 Å². The molecule has 3 heteroatoms. The van der Waals surface area contributed by atoms with Crippen LogP contribution >= 0.6 is 12.6 Å². The van der Waals surface area contributed by atoms with Gasteiger partial charge in [-0.25, -0.2) is 0 Å². The third kappa shape index (κ3) is 5.08. The quantitative estimate of drug-likeness (QED) is 0.334. The number of rotatable bonds is 8. The van der Waals surface area contributed by atoms with E-state index in [0.717, 1.165) is 19.1 Å². The van der Waals surface area contributed by atoms with Crippen molar-refractivity contribution in [2.45, 2.75) is 50.4 Å². The number of likely N-dealkylation sites (tertiary alicyclic amines) is 1. The van der Waals surface area contributed by atoms with Gasteiger partial charge in [0.2, 0.25) is 0 Å². The van der Waals surface area contributed by atoms with Crippen LogP contribution in [0.3, 0.4) is 0 Å². The van der Waals surface area contributed by atoms with Gasteiger partial charge in [0, 0.05) is 12.6 Å². The van der Waals surface area contributed by atoms with E-state index in [-0.39, 0.29) is 5.25 Å². The number of thiol groups is 1. The first-order chi connectivity index (χ1) is 14.7. The Hall–Kier alpha value is -1.81. The fraction of sp³-hybridized carbons (Fsp3) is 0.407. The summed E-state index contributed by atoms with van der Waals surface area (Å²) in [4.78, 5) is 2.66. The zero-order valence-electron chi connectivity index (χ0n) is 18.1. The van der Waals surface area contributed by atoms with E-state index in [1.54, 1.807) is 0 Å². The molecule has 1 aliphatic heterocycles. The van der Waals surface area contributed by atoms with Crippen molar-refractivity contribution >= 4 is 23.4 Å². The van der Waals surface area contributed by atoms with Crippen LogP contribution in [0.2, 0.25) is 0 Å². The molecular formula is C27H34N2S. The average molecular weight is 419 g/mol. The van der Waals surface area contributed by atoms with E-state index < -0.39 is 0 Å². The minimum atomic E-state index is 0.0725. The second kappa shape index (κ2) is 10.5. The summed E-state index contributed by atoms with van der Waals surface area (Å²) >= 11 is 5.06. The van der Waals surface area contributed by atoms with Crippen molar-refractivity contribution < 1.29 is 0 Å². The Morgan fingerprint density at radius 3 is 2.63 bits per heavy atom. The molecule has 0 aliphatic carbocycles. The van der Waals surface area contributed by atoms with E-state index in [9.17, 15) is 0 Å². The molecule has 2 nitrogen and oxygen atoms in total. The van der Waals surface area contributed by atoms with Crippen molar-refractivity contribution in [2.75, 3.05) is 19.6 Å². The molecule has 4 rings (SSSR count). The summed E-state index contributed by atoms with van der Waals surface area (Å²) in [6, 6.07) is 24.6. The highest BCUT2D eigenvalue weighted by molar-refractivity contribution is 7.80. The van der Waals surface area contributed by atoms with Crippen LogP contribution in [0.15, 0.2) is 66.7 Å². The van der Waals surface area contributed by atoms with Crippen LogP contribution in [0.4, 0.5) is 0 Å². The minimum absolute atomic E-state index is 0.0725. The topological polar surface area (TPSA) is 15.3 Å². The molecule has 1 saturated heterocycles. The van der Waals surface area contributed by atoms with Crippen molar-refractivity contribution in [2.24, 2.45) is 0 Å². The number of hydrogen-bond acceptors (Lipinski definition) is 3. The second-order valence-corrected chi connectivity index (χ2v) is 9.10. The normalized spacial score (nSPS) is 18.5. The van der Waals surface area contributed by atoms with E-state index in [2.05, 4.69) is 83.9 Å². The van der Waals surface area contributed by atoms with Gasteiger partial charge >= 0.3 is 0 Å². The van der Waals surface area contributed by atoms with E-state index in [0.29, 0.717) is 0 Å². The van der Waals surface area contributed by atoms with Crippen molar-refractivity contribution in [3.8, 4) is 0 Å². The zero-order chi connectivity index (χ0) is 20.8. The molecule has 0 saturated carbocycles. The van der Waals surface area contributed by atoms with E-state index in [1.165, 1.54) is 66.2 Å². The summed E-state index contributed by atoms with van der Waals surface area (Å²) in [6.45, 7) is 6.82. The number of nitrogens with one attached hydrogen (secondary N) is 1. The van der Waals surface area contributed by atoms with Crippen LogP contribution < -0.4 is 5.32 Å². The fourth-order valence-electron chi connectivity index (χ4n) is 4.74. The van der Waals surface area contributed by atoms with Crippen molar-refractivity contribution in [1.29, 1.82) is 0 Å². The zero-order valence-corrected chi connectivity index (χ0v) is 19.0. The molecule has 0 radical (unpaired) electrons. The van der Waals surface area contributed by atoms with Crippen LogP contribution in [0.1, 0.15) is 54.5 Å². The summed E-state index contributed by atoms with van der Waals surface area (Å²) in [7, 11) is 0. The molecule has 3 aromatic carbocycles. The lowest BCUT2D eigenvalue weighted by Crippen LogP contribution is -2.38. The van der Waals surface area contributed by atoms with E-state index in [1.807, 2.05) is 0 Å². The molecule has 1 aliphatic rings. The van der Waals surface area contributed by atoms with Crippen LogP contribution in [0.5, 0.6) is 0 Å². The first-order valence-corrected chi connectivity index (χ1v) is 11.9. The van der Waals surface area contributed by atoms with E-state index >= 15 is 0 Å². The van der Waals surface area contributed by atoms with Crippen LogP contribution in [0, 0.1) is 0 Å². The second-order valence-electron chi connectivity index (χ2n) is 8.58. The highest BCUT2D eigenvalue weighted by atomic mass is 32.1. The maximum atomic E-state index is 5.06. The first kappa shape index (κ1) is 21.4. The van der Waals surface area contributed by atoms with Crippen molar-refractivity contribution in [3.05, 3.63) is 83.4 Å². The Kier molecular flexibility index (Phi) is 7.48. The molecule has 30 heavy (non-hydrogen) atoms. The largest absolute Gasteiger partial charge is 0.313 e. The van der Waals surface area contributed by atoms with Gasteiger partial charge in [-0.2, -0.15) is 12.6 Å². The van der Waals surface area contributed by atoms with Crippen LogP contribution in [-0.2, 0) is 6.54 Å². The standard InChI is InChI=1S/C27H34N2S/c1-21-10-6-7-18-29(21)19-9-17-28-20-23-12-3-5-15-25(23)27(30)26-16-8-13-22-11-2-4-14-24(22)26/h2-5,8,11-16,21,27-28,30H,6-7,9-10,17-20H2,1H3. The number of fused-ring (bicyclic) bond motifs is 1. The molecule has 0 spiro atoms. The van der Waals surface area contributed by atoms with Crippen molar-refractivity contribution in [3.63, 3.8) is 0 Å². The highest BCUT2D eigenvalue weighted by Crippen LogP contribution is 2.35. The Labute approximate surface area is 187 Å². The first-order valence-electron chi connectivity index (χ1n) is 11.4. The molecule has 1 N–H and O–H groups in total. The maximum absolute atomic E-state index is 5.06. The van der Waals surface area contributed by atoms with Gasteiger partial charge in [-0.3, -0.25) is 0 Å². The number of piperidine rings is 1. The lowest BCUT2D eigenvalue weighted by molar-refractivity contribution is 0.159. The van der Waals surface area contributed by atoms with Gasteiger partial charge in [0.15, 0.2) is 0 Å². The SMILES string of the molecule is CC1CCCCN1CCCNCc1ccccc1C(S)c1cccc2ccccc12. The lowest BCUT2D eigenvalue weighted by atomic mass is 9.95. The molecule has 0 amide bonds. The maximum Gasteiger partial charge on any atom is 0.0525 e. The third-order valence-electron chi connectivity index (χ3n) is 6.52. The molecular weight excluding hydrogens is 384 g/mol. The van der Waals surface area contributed by atoms with Crippen molar-refractivity contribution in [1.82, 2.24) is 10.2 Å². The predicted molar refractivity (Wildman–Crippen MR) is 132 cm³/mol. The molecule has 0 aromatic heterocycles. The van der Waals surface area contributed by atoms with Crippen LogP contribution in [0.25, 0.3) is 10.8 Å². The minimum Gasteiger partial charge on any atom is -0.313 e. The van der Waals surface area contributed by atoms with Gasteiger partial charge in [-0.05, 0) is 73.3 Å². The molecule has 158 valence electrons. The van der Waals surface area contributed by atoms with Gasteiger partial charge in [0.05, 0.1) is 5.25 Å². The molecule has 1 heterocycles. The number of benzene rings is 3.